The quantitative estimate of drug-likeness (QED) is 0.403. The number of cyclic esters (lactones) is 1. The van der Waals surface area contributed by atoms with Crippen molar-refractivity contribution in [3.05, 3.63) is 17.9 Å². The molecule has 1 unspecified atom stereocenters. The van der Waals surface area contributed by atoms with Gasteiger partial charge >= 0.3 is 5.97 Å². The van der Waals surface area contributed by atoms with Gasteiger partial charge in [-0.15, -0.1) is 5.73 Å². The van der Waals surface area contributed by atoms with Gasteiger partial charge in [-0.05, 0) is 18.9 Å². The van der Waals surface area contributed by atoms with Crippen LogP contribution in [0.3, 0.4) is 0 Å². The zero-order valence-corrected chi connectivity index (χ0v) is 6.02. The Kier molecular flexibility index (Phi) is 1.93. The lowest BCUT2D eigenvalue weighted by Crippen LogP contribution is -2.07. The van der Waals surface area contributed by atoms with Gasteiger partial charge in [0.05, 0.1) is 12.5 Å². The highest BCUT2D eigenvalue weighted by Gasteiger charge is 2.27. The molecule has 0 aliphatic carbocycles. The molecular weight excluding hydrogens is 128 g/mol. The molecule has 2 heteroatoms. The van der Waals surface area contributed by atoms with Crippen molar-refractivity contribution in [2.24, 2.45) is 5.92 Å². The van der Waals surface area contributed by atoms with Crippen LogP contribution in [0, 0.1) is 5.92 Å². The van der Waals surface area contributed by atoms with Gasteiger partial charge in [-0.25, -0.2) is 0 Å². The Morgan fingerprint density at radius 2 is 2.60 bits per heavy atom. The predicted octanol–water partition coefficient (Wildman–Crippen LogP) is 1.28. The van der Waals surface area contributed by atoms with Crippen LogP contribution in [0.2, 0.25) is 0 Å². The topological polar surface area (TPSA) is 26.3 Å². The van der Waals surface area contributed by atoms with Crippen LogP contribution < -0.4 is 0 Å². The molecular formula is C8H10O2. The highest BCUT2D eigenvalue weighted by molar-refractivity contribution is 5.77. The van der Waals surface area contributed by atoms with E-state index in [1.54, 1.807) is 0 Å². The summed E-state index contributed by atoms with van der Waals surface area (Å²) in [5, 5.41) is 0. The maximum atomic E-state index is 10.9. The van der Waals surface area contributed by atoms with Crippen LogP contribution in [-0.2, 0) is 9.53 Å². The summed E-state index contributed by atoms with van der Waals surface area (Å²) in [7, 11) is 0. The summed E-state index contributed by atoms with van der Waals surface area (Å²) in [6.07, 6.45) is 0.785. The Morgan fingerprint density at radius 3 is 3.00 bits per heavy atom. The van der Waals surface area contributed by atoms with E-state index in [-0.39, 0.29) is 11.9 Å². The Labute approximate surface area is 60.2 Å². The fourth-order valence-electron chi connectivity index (χ4n) is 1.01. The molecule has 0 radical (unpaired) electrons. The summed E-state index contributed by atoms with van der Waals surface area (Å²) in [4.78, 5) is 10.9. The summed E-state index contributed by atoms with van der Waals surface area (Å²) in [5.74, 6) is -0.203. The van der Waals surface area contributed by atoms with Gasteiger partial charge in [0.1, 0.15) is 0 Å². The van der Waals surface area contributed by atoms with Gasteiger partial charge in [-0.3, -0.25) is 4.79 Å². The molecule has 0 saturated carbocycles. The van der Waals surface area contributed by atoms with Gasteiger partial charge in [0.2, 0.25) is 0 Å². The second-order valence-electron chi connectivity index (χ2n) is 2.37. The number of hydrogen-bond acceptors (Lipinski definition) is 2. The Morgan fingerprint density at radius 1 is 1.90 bits per heavy atom. The fraction of sp³-hybridized carbons (Fsp3) is 0.500. The van der Waals surface area contributed by atoms with Gasteiger partial charge < -0.3 is 4.74 Å². The third kappa shape index (κ3) is 1.12. The monoisotopic (exact) mass is 138 g/mol. The van der Waals surface area contributed by atoms with Gasteiger partial charge in [0.15, 0.2) is 0 Å². The first-order valence-corrected chi connectivity index (χ1v) is 3.29. The van der Waals surface area contributed by atoms with Crippen molar-refractivity contribution in [2.75, 3.05) is 6.61 Å². The maximum Gasteiger partial charge on any atom is 0.313 e. The number of carbonyl (C=O) groups is 1. The molecule has 1 saturated heterocycles. The minimum Gasteiger partial charge on any atom is -0.465 e. The van der Waals surface area contributed by atoms with Crippen molar-refractivity contribution in [3.63, 3.8) is 0 Å². The first-order valence-electron chi connectivity index (χ1n) is 3.29. The molecule has 2 nitrogen and oxygen atoms in total. The van der Waals surface area contributed by atoms with E-state index in [1.807, 2.05) is 6.92 Å². The second kappa shape index (κ2) is 2.72. The Hall–Kier alpha value is -1.01. The largest absolute Gasteiger partial charge is 0.465 e. The zero-order chi connectivity index (χ0) is 7.56. The van der Waals surface area contributed by atoms with Gasteiger partial charge in [-0.1, -0.05) is 6.58 Å². The van der Waals surface area contributed by atoms with Crippen LogP contribution in [0.15, 0.2) is 17.9 Å². The van der Waals surface area contributed by atoms with E-state index in [0.29, 0.717) is 6.61 Å². The first kappa shape index (κ1) is 7.10. The summed E-state index contributed by atoms with van der Waals surface area (Å²) in [6, 6.07) is 0. The van der Waals surface area contributed by atoms with Crippen molar-refractivity contribution >= 4 is 5.97 Å². The molecule has 0 aromatic heterocycles. The van der Waals surface area contributed by atoms with Crippen LogP contribution in [0.1, 0.15) is 13.3 Å². The molecule has 0 bridgehead atoms. The van der Waals surface area contributed by atoms with E-state index in [1.165, 1.54) is 0 Å². The lowest BCUT2D eigenvalue weighted by Gasteiger charge is -2.00. The van der Waals surface area contributed by atoms with Gasteiger partial charge in [-0.2, -0.15) is 0 Å². The molecule has 0 spiro atoms. The average Bonchev–Trinajstić information content (AvgIpc) is 2.34. The van der Waals surface area contributed by atoms with Crippen LogP contribution >= 0.6 is 0 Å². The lowest BCUT2D eigenvalue weighted by molar-refractivity contribution is -0.140. The maximum absolute atomic E-state index is 10.9. The molecule has 54 valence electrons. The highest BCUT2D eigenvalue weighted by atomic mass is 16.5. The molecule has 0 N–H and O–H groups in total. The zero-order valence-electron chi connectivity index (χ0n) is 6.02. The normalized spacial score (nSPS) is 23.7. The van der Waals surface area contributed by atoms with E-state index < -0.39 is 0 Å². The smallest absolute Gasteiger partial charge is 0.313 e. The van der Waals surface area contributed by atoms with E-state index in [9.17, 15) is 4.79 Å². The molecule has 10 heavy (non-hydrogen) atoms. The van der Waals surface area contributed by atoms with Crippen molar-refractivity contribution in [2.45, 2.75) is 13.3 Å². The summed E-state index contributed by atoms with van der Waals surface area (Å²) < 4.78 is 4.76. The SMILES string of the molecule is C=C=C(C)C1CCOC1=O. The van der Waals surface area contributed by atoms with E-state index in [2.05, 4.69) is 12.3 Å². The van der Waals surface area contributed by atoms with Crippen LogP contribution in [0.5, 0.6) is 0 Å². The number of carbonyl (C=O) groups excluding carboxylic acids is 1. The van der Waals surface area contributed by atoms with E-state index in [4.69, 9.17) is 4.74 Å². The number of hydrogen-bond donors (Lipinski definition) is 0. The molecule has 1 fully saturated rings. The van der Waals surface area contributed by atoms with Crippen LogP contribution in [0.4, 0.5) is 0 Å². The first-order chi connectivity index (χ1) is 4.75. The molecule has 1 rings (SSSR count). The average molecular weight is 138 g/mol. The Bertz CT molecular complexity index is 199. The number of rotatable bonds is 1. The van der Waals surface area contributed by atoms with E-state index >= 15 is 0 Å². The van der Waals surface area contributed by atoms with Crippen LogP contribution in [-0.4, -0.2) is 12.6 Å². The molecule has 0 amide bonds. The Balaban J connectivity index is 2.73. The standard InChI is InChI=1S/C8H10O2/c1-3-6(2)7-4-5-10-8(7)9/h7H,1,4-5H2,2H3. The minimum atomic E-state index is -0.131. The number of ether oxygens (including phenoxy) is 1. The summed E-state index contributed by atoms with van der Waals surface area (Å²) >= 11 is 0. The van der Waals surface area contributed by atoms with Crippen molar-refractivity contribution in [1.82, 2.24) is 0 Å². The van der Waals surface area contributed by atoms with Gasteiger partial charge in [0, 0.05) is 0 Å². The predicted molar refractivity (Wildman–Crippen MR) is 37.4 cm³/mol. The third-order valence-electron chi connectivity index (χ3n) is 1.74. The third-order valence-corrected chi connectivity index (χ3v) is 1.74. The molecule has 0 aromatic carbocycles. The molecule has 0 aromatic rings. The van der Waals surface area contributed by atoms with Crippen molar-refractivity contribution < 1.29 is 9.53 Å². The molecule has 1 aliphatic rings. The number of esters is 1. The van der Waals surface area contributed by atoms with Crippen molar-refractivity contribution in [3.8, 4) is 0 Å². The fourth-order valence-corrected chi connectivity index (χ4v) is 1.01. The summed E-state index contributed by atoms with van der Waals surface area (Å²) in [5.41, 5.74) is 3.59. The van der Waals surface area contributed by atoms with Gasteiger partial charge in [0.25, 0.3) is 0 Å². The summed E-state index contributed by atoms with van der Waals surface area (Å²) in [6.45, 7) is 5.87. The van der Waals surface area contributed by atoms with Crippen molar-refractivity contribution in [1.29, 1.82) is 0 Å². The highest BCUT2D eigenvalue weighted by Crippen LogP contribution is 2.21. The van der Waals surface area contributed by atoms with Crippen LogP contribution in [0.25, 0.3) is 0 Å². The molecule has 1 aliphatic heterocycles. The molecule has 1 heterocycles. The van der Waals surface area contributed by atoms with E-state index in [0.717, 1.165) is 12.0 Å². The second-order valence-corrected chi connectivity index (χ2v) is 2.37. The molecule has 1 atom stereocenters. The minimum absolute atomic E-state index is 0.0718. The lowest BCUT2D eigenvalue weighted by atomic mass is 10.0.